The van der Waals surface area contributed by atoms with Gasteiger partial charge in [-0.3, -0.25) is 9.97 Å². The molecule has 0 spiro atoms. The summed E-state index contributed by atoms with van der Waals surface area (Å²) in [4.78, 5) is 11.0. The largest absolute Gasteiger partial charge is 0.598 e. The third kappa shape index (κ3) is 7.22. The summed E-state index contributed by atoms with van der Waals surface area (Å²) in [6.45, 7) is 8.10. The maximum absolute atomic E-state index is 12.1. The lowest BCUT2D eigenvalue weighted by Gasteiger charge is -2.22. The molecule has 0 aromatic carbocycles. The minimum atomic E-state index is -1.01. The molecule has 0 saturated carbocycles. The van der Waals surface area contributed by atoms with E-state index in [0.717, 1.165) is 43.7 Å². The van der Waals surface area contributed by atoms with Gasteiger partial charge in [0.2, 0.25) is 0 Å². The summed E-state index contributed by atoms with van der Waals surface area (Å²) in [5, 5.41) is 0. The van der Waals surface area contributed by atoms with Gasteiger partial charge in [-0.15, -0.1) is 4.72 Å². The van der Waals surface area contributed by atoms with Crippen LogP contribution in [0.4, 0.5) is 0 Å². The Morgan fingerprint density at radius 1 is 1.33 bits per heavy atom. The lowest BCUT2D eigenvalue weighted by Crippen LogP contribution is -2.33. The zero-order chi connectivity index (χ0) is 15.7. The fourth-order valence-electron chi connectivity index (χ4n) is 1.85. The van der Waals surface area contributed by atoms with Crippen molar-refractivity contribution < 1.29 is 4.55 Å². The van der Waals surface area contributed by atoms with Gasteiger partial charge in [0.05, 0.1) is 23.6 Å². The zero-order valence-corrected chi connectivity index (χ0v) is 14.4. The third-order valence-corrected chi connectivity index (χ3v) is 4.66. The standard InChI is InChI=1S/C15H28N4OS/c1-5-7-10-21(20)18-14(8-9-19(4)6-2)15-12-16-13(3)11-17-15/h11-12,14,18H,5-10H2,1-4H3. The molecule has 0 aliphatic rings. The lowest BCUT2D eigenvalue weighted by molar-refractivity contribution is 0.328. The summed E-state index contributed by atoms with van der Waals surface area (Å²) in [7, 11) is 2.09. The minimum Gasteiger partial charge on any atom is -0.598 e. The van der Waals surface area contributed by atoms with Crippen LogP contribution in [-0.4, -0.2) is 45.3 Å². The molecule has 0 aliphatic carbocycles. The third-order valence-electron chi connectivity index (χ3n) is 3.45. The van der Waals surface area contributed by atoms with Crippen LogP contribution >= 0.6 is 0 Å². The van der Waals surface area contributed by atoms with Gasteiger partial charge in [-0.05, 0) is 39.9 Å². The van der Waals surface area contributed by atoms with E-state index in [4.69, 9.17) is 0 Å². The van der Waals surface area contributed by atoms with E-state index in [9.17, 15) is 4.55 Å². The van der Waals surface area contributed by atoms with Crippen LogP contribution in [0.3, 0.4) is 0 Å². The Morgan fingerprint density at radius 2 is 2.10 bits per heavy atom. The number of rotatable bonds is 10. The highest BCUT2D eigenvalue weighted by Crippen LogP contribution is 2.16. The number of aryl methyl sites for hydroxylation is 1. The normalized spacial score (nSPS) is 14.4. The molecule has 0 radical (unpaired) electrons. The Kier molecular flexibility index (Phi) is 8.84. The highest BCUT2D eigenvalue weighted by molar-refractivity contribution is 7.89. The first kappa shape index (κ1) is 18.4. The van der Waals surface area contributed by atoms with Gasteiger partial charge >= 0.3 is 0 Å². The Hall–Kier alpha value is -0.690. The van der Waals surface area contributed by atoms with Crippen molar-refractivity contribution in [2.24, 2.45) is 0 Å². The Bertz CT molecular complexity index is 388. The van der Waals surface area contributed by atoms with Gasteiger partial charge < -0.3 is 9.45 Å². The summed E-state index contributed by atoms with van der Waals surface area (Å²) in [6, 6.07) is -0.00945. The van der Waals surface area contributed by atoms with Crippen LogP contribution in [-0.2, 0) is 11.4 Å². The molecule has 0 aliphatic heterocycles. The predicted octanol–water partition coefficient (Wildman–Crippen LogP) is 2.22. The van der Waals surface area contributed by atoms with Crippen molar-refractivity contribution in [1.29, 1.82) is 0 Å². The van der Waals surface area contributed by atoms with Crippen molar-refractivity contribution in [3.63, 3.8) is 0 Å². The second-order valence-electron chi connectivity index (χ2n) is 5.34. The number of nitrogens with one attached hydrogen (secondary N) is 1. The van der Waals surface area contributed by atoms with E-state index in [1.807, 2.05) is 6.92 Å². The lowest BCUT2D eigenvalue weighted by atomic mass is 10.1. The summed E-state index contributed by atoms with van der Waals surface area (Å²) >= 11 is -1.01. The van der Waals surface area contributed by atoms with Crippen LogP contribution in [0.15, 0.2) is 12.4 Å². The first-order chi connectivity index (χ1) is 10.1. The summed E-state index contributed by atoms with van der Waals surface area (Å²) < 4.78 is 15.3. The Morgan fingerprint density at radius 3 is 2.67 bits per heavy atom. The van der Waals surface area contributed by atoms with Crippen LogP contribution < -0.4 is 4.72 Å². The highest BCUT2D eigenvalue weighted by atomic mass is 32.2. The summed E-state index contributed by atoms with van der Waals surface area (Å²) in [5.41, 5.74) is 1.77. The van der Waals surface area contributed by atoms with Crippen molar-refractivity contribution in [1.82, 2.24) is 19.6 Å². The van der Waals surface area contributed by atoms with Gasteiger partial charge in [0, 0.05) is 17.6 Å². The number of hydrogen-bond acceptors (Lipinski definition) is 5. The first-order valence-corrected chi connectivity index (χ1v) is 9.00. The molecular formula is C15H28N4OS. The molecule has 1 heterocycles. The van der Waals surface area contributed by atoms with E-state index in [0.29, 0.717) is 5.75 Å². The molecule has 6 heteroatoms. The van der Waals surface area contributed by atoms with E-state index < -0.39 is 11.4 Å². The minimum absolute atomic E-state index is 0.00945. The SMILES string of the molecule is CCCC[S+]([O-])NC(CCN(C)CC)c1cnc(C)cn1. The van der Waals surface area contributed by atoms with E-state index in [-0.39, 0.29) is 6.04 Å². The molecule has 5 nitrogen and oxygen atoms in total. The fourth-order valence-corrected chi connectivity index (χ4v) is 3.07. The number of unbranched alkanes of at least 4 members (excludes halogenated alkanes) is 1. The number of nitrogens with zero attached hydrogens (tertiary/aromatic N) is 3. The van der Waals surface area contributed by atoms with Crippen molar-refractivity contribution >= 4 is 11.4 Å². The van der Waals surface area contributed by atoms with E-state index in [1.165, 1.54) is 0 Å². The molecule has 2 atom stereocenters. The van der Waals surface area contributed by atoms with E-state index in [1.54, 1.807) is 12.4 Å². The van der Waals surface area contributed by atoms with Crippen LogP contribution in [0.25, 0.3) is 0 Å². The van der Waals surface area contributed by atoms with Crippen molar-refractivity contribution in [2.45, 2.75) is 46.1 Å². The second-order valence-corrected chi connectivity index (χ2v) is 6.68. The first-order valence-electron chi connectivity index (χ1n) is 7.68. The average Bonchev–Trinajstić information content (AvgIpc) is 2.49. The van der Waals surface area contributed by atoms with Crippen LogP contribution in [0.1, 0.15) is 50.5 Å². The van der Waals surface area contributed by atoms with Crippen LogP contribution in [0.2, 0.25) is 0 Å². The molecule has 1 rings (SSSR count). The monoisotopic (exact) mass is 312 g/mol. The van der Waals surface area contributed by atoms with Crippen molar-refractivity contribution in [3.05, 3.63) is 23.8 Å². The number of aromatic nitrogens is 2. The summed E-state index contributed by atoms with van der Waals surface area (Å²) in [6.07, 6.45) is 6.46. The molecule has 0 saturated heterocycles. The van der Waals surface area contributed by atoms with Gasteiger partial charge in [0.1, 0.15) is 5.75 Å². The quantitative estimate of drug-likeness (QED) is 0.671. The summed E-state index contributed by atoms with van der Waals surface area (Å²) in [5.74, 6) is 0.690. The molecule has 0 amide bonds. The topological polar surface area (TPSA) is 64.1 Å². The average molecular weight is 312 g/mol. The molecule has 1 aromatic heterocycles. The second kappa shape index (κ2) is 10.1. The maximum Gasteiger partial charge on any atom is 0.125 e. The fraction of sp³-hybridized carbons (Fsp3) is 0.733. The maximum atomic E-state index is 12.1. The van der Waals surface area contributed by atoms with E-state index in [2.05, 4.69) is 40.5 Å². The molecule has 0 bridgehead atoms. The smallest absolute Gasteiger partial charge is 0.125 e. The molecule has 0 fully saturated rings. The number of hydrogen-bond donors (Lipinski definition) is 1. The van der Waals surface area contributed by atoms with Gasteiger partial charge in [-0.25, -0.2) is 0 Å². The van der Waals surface area contributed by atoms with Crippen molar-refractivity contribution in [3.8, 4) is 0 Å². The Balaban J connectivity index is 2.67. The van der Waals surface area contributed by atoms with Gasteiger partial charge in [0.25, 0.3) is 0 Å². The molecule has 21 heavy (non-hydrogen) atoms. The molecular weight excluding hydrogens is 284 g/mol. The molecule has 1 aromatic rings. The van der Waals surface area contributed by atoms with Crippen molar-refractivity contribution in [2.75, 3.05) is 25.9 Å². The highest BCUT2D eigenvalue weighted by Gasteiger charge is 2.20. The molecule has 1 N–H and O–H groups in total. The Labute approximate surface area is 131 Å². The zero-order valence-electron chi connectivity index (χ0n) is 13.6. The molecule has 2 unspecified atom stereocenters. The predicted molar refractivity (Wildman–Crippen MR) is 88.4 cm³/mol. The van der Waals surface area contributed by atoms with Crippen LogP contribution in [0, 0.1) is 6.92 Å². The molecule has 120 valence electrons. The van der Waals surface area contributed by atoms with Gasteiger partial charge in [0.15, 0.2) is 0 Å². The van der Waals surface area contributed by atoms with Gasteiger partial charge in [-0.1, -0.05) is 20.3 Å². The van der Waals surface area contributed by atoms with Crippen LogP contribution in [0.5, 0.6) is 0 Å². The van der Waals surface area contributed by atoms with Gasteiger partial charge in [-0.2, -0.15) is 0 Å². The van der Waals surface area contributed by atoms with E-state index >= 15 is 0 Å².